The standard InChI is InChI=1S/C9H11IO2/c1-7(6-11)12-9-4-2-8(10)3-5-9/h2-5,7,11H,6H2,1H3/t7-/m0/s1. The second-order valence-corrected chi connectivity index (χ2v) is 3.81. The molecule has 0 aromatic heterocycles. The molecular formula is C9H11IO2. The van der Waals surface area contributed by atoms with E-state index in [1.807, 2.05) is 31.2 Å². The molecule has 1 N–H and O–H groups in total. The molecule has 0 aliphatic carbocycles. The summed E-state index contributed by atoms with van der Waals surface area (Å²) in [6, 6.07) is 7.74. The average Bonchev–Trinajstić information content (AvgIpc) is 2.09. The second-order valence-electron chi connectivity index (χ2n) is 2.56. The van der Waals surface area contributed by atoms with Gasteiger partial charge in [0, 0.05) is 3.57 Å². The number of hydrogen-bond donors (Lipinski definition) is 1. The fraction of sp³-hybridized carbons (Fsp3) is 0.333. The summed E-state index contributed by atoms with van der Waals surface area (Å²) in [5, 5.41) is 8.72. The van der Waals surface area contributed by atoms with Gasteiger partial charge >= 0.3 is 0 Å². The zero-order valence-electron chi connectivity index (χ0n) is 6.83. The van der Waals surface area contributed by atoms with Crippen LogP contribution in [0, 0.1) is 3.57 Å². The zero-order chi connectivity index (χ0) is 8.97. The predicted octanol–water partition coefficient (Wildman–Crippen LogP) is 2.05. The SMILES string of the molecule is C[C@@H](CO)Oc1ccc(I)cc1. The first-order valence-electron chi connectivity index (χ1n) is 3.75. The summed E-state index contributed by atoms with van der Waals surface area (Å²) >= 11 is 2.23. The second kappa shape index (κ2) is 4.67. The van der Waals surface area contributed by atoms with E-state index in [4.69, 9.17) is 9.84 Å². The van der Waals surface area contributed by atoms with E-state index < -0.39 is 0 Å². The van der Waals surface area contributed by atoms with Crippen LogP contribution in [-0.2, 0) is 0 Å². The van der Waals surface area contributed by atoms with Crippen molar-refractivity contribution in [1.82, 2.24) is 0 Å². The van der Waals surface area contributed by atoms with Crippen LogP contribution in [0.25, 0.3) is 0 Å². The average molecular weight is 278 g/mol. The molecule has 0 saturated heterocycles. The molecule has 1 rings (SSSR count). The van der Waals surface area contributed by atoms with Crippen molar-refractivity contribution in [2.24, 2.45) is 0 Å². The number of hydrogen-bond acceptors (Lipinski definition) is 2. The molecule has 1 aromatic rings. The van der Waals surface area contributed by atoms with Gasteiger partial charge in [0.25, 0.3) is 0 Å². The van der Waals surface area contributed by atoms with E-state index in [0.29, 0.717) is 0 Å². The number of rotatable bonds is 3. The minimum Gasteiger partial charge on any atom is -0.488 e. The van der Waals surface area contributed by atoms with E-state index in [-0.39, 0.29) is 12.7 Å². The summed E-state index contributed by atoms with van der Waals surface area (Å²) in [4.78, 5) is 0. The van der Waals surface area contributed by atoms with Crippen LogP contribution in [0.15, 0.2) is 24.3 Å². The zero-order valence-corrected chi connectivity index (χ0v) is 8.98. The van der Waals surface area contributed by atoms with Gasteiger partial charge in [-0.1, -0.05) is 0 Å². The number of benzene rings is 1. The first-order valence-corrected chi connectivity index (χ1v) is 4.83. The minimum atomic E-state index is -0.134. The lowest BCUT2D eigenvalue weighted by atomic mass is 10.3. The topological polar surface area (TPSA) is 29.5 Å². The van der Waals surface area contributed by atoms with Crippen molar-refractivity contribution in [1.29, 1.82) is 0 Å². The molecule has 12 heavy (non-hydrogen) atoms. The smallest absolute Gasteiger partial charge is 0.119 e. The van der Waals surface area contributed by atoms with E-state index in [1.165, 1.54) is 3.57 Å². The number of aliphatic hydroxyl groups excluding tert-OH is 1. The highest BCUT2D eigenvalue weighted by molar-refractivity contribution is 14.1. The van der Waals surface area contributed by atoms with Crippen molar-refractivity contribution < 1.29 is 9.84 Å². The van der Waals surface area contributed by atoms with Crippen LogP contribution in [-0.4, -0.2) is 17.8 Å². The van der Waals surface area contributed by atoms with Crippen molar-refractivity contribution in [3.8, 4) is 5.75 Å². The van der Waals surface area contributed by atoms with E-state index in [0.717, 1.165) is 5.75 Å². The normalized spacial score (nSPS) is 12.6. The van der Waals surface area contributed by atoms with E-state index in [1.54, 1.807) is 0 Å². The third-order valence-corrected chi connectivity index (χ3v) is 2.13. The molecule has 0 heterocycles. The van der Waals surface area contributed by atoms with Gasteiger partial charge in [0.1, 0.15) is 11.9 Å². The third-order valence-electron chi connectivity index (χ3n) is 1.41. The molecule has 0 spiro atoms. The number of ether oxygens (including phenoxy) is 1. The first kappa shape index (κ1) is 9.80. The Hall–Kier alpha value is -0.290. The Morgan fingerprint density at radius 2 is 2.00 bits per heavy atom. The van der Waals surface area contributed by atoms with E-state index >= 15 is 0 Å². The van der Waals surface area contributed by atoms with E-state index in [9.17, 15) is 0 Å². The van der Waals surface area contributed by atoms with Crippen molar-refractivity contribution in [3.05, 3.63) is 27.8 Å². The number of aliphatic hydroxyl groups is 1. The Morgan fingerprint density at radius 1 is 1.42 bits per heavy atom. The van der Waals surface area contributed by atoms with Crippen LogP contribution in [0.2, 0.25) is 0 Å². The van der Waals surface area contributed by atoms with Crippen LogP contribution in [0.5, 0.6) is 5.75 Å². The fourth-order valence-electron chi connectivity index (χ4n) is 0.783. The summed E-state index contributed by atoms with van der Waals surface area (Å²) < 4.78 is 6.54. The van der Waals surface area contributed by atoms with Crippen LogP contribution in [0.1, 0.15) is 6.92 Å². The maximum Gasteiger partial charge on any atom is 0.119 e. The highest BCUT2D eigenvalue weighted by Crippen LogP contribution is 2.14. The lowest BCUT2D eigenvalue weighted by molar-refractivity contribution is 0.129. The summed E-state index contributed by atoms with van der Waals surface area (Å²) in [5.74, 6) is 0.803. The summed E-state index contributed by atoms with van der Waals surface area (Å²) in [6.07, 6.45) is -0.134. The van der Waals surface area contributed by atoms with Gasteiger partial charge in [0.2, 0.25) is 0 Å². The van der Waals surface area contributed by atoms with Crippen LogP contribution in [0.4, 0.5) is 0 Å². The molecule has 0 bridgehead atoms. The lowest BCUT2D eigenvalue weighted by Gasteiger charge is -2.11. The van der Waals surface area contributed by atoms with Crippen LogP contribution < -0.4 is 4.74 Å². The quantitative estimate of drug-likeness (QED) is 0.857. The lowest BCUT2D eigenvalue weighted by Crippen LogP contribution is -2.15. The van der Waals surface area contributed by atoms with Crippen LogP contribution >= 0.6 is 22.6 Å². The Labute approximate surface area is 85.7 Å². The highest BCUT2D eigenvalue weighted by Gasteiger charge is 2.00. The van der Waals surface area contributed by atoms with Crippen molar-refractivity contribution in [3.63, 3.8) is 0 Å². The van der Waals surface area contributed by atoms with Gasteiger partial charge in [-0.05, 0) is 53.8 Å². The van der Waals surface area contributed by atoms with Gasteiger partial charge in [-0.15, -0.1) is 0 Å². The fourth-order valence-corrected chi connectivity index (χ4v) is 1.14. The molecule has 2 nitrogen and oxygen atoms in total. The molecule has 0 unspecified atom stereocenters. The summed E-state index contributed by atoms with van der Waals surface area (Å²) in [5.41, 5.74) is 0. The van der Waals surface area contributed by atoms with E-state index in [2.05, 4.69) is 22.6 Å². The molecule has 0 aliphatic heterocycles. The molecule has 66 valence electrons. The van der Waals surface area contributed by atoms with Gasteiger partial charge in [0.05, 0.1) is 6.61 Å². The Kier molecular flexibility index (Phi) is 3.81. The summed E-state index contributed by atoms with van der Waals surface area (Å²) in [6.45, 7) is 1.88. The number of halogens is 1. The Balaban J connectivity index is 2.58. The third kappa shape index (κ3) is 2.98. The molecule has 1 atom stereocenters. The maximum atomic E-state index is 8.72. The van der Waals surface area contributed by atoms with Gasteiger partial charge in [-0.25, -0.2) is 0 Å². The highest BCUT2D eigenvalue weighted by atomic mass is 127. The molecule has 0 saturated carbocycles. The van der Waals surface area contributed by atoms with Gasteiger partial charge in [0.15, 0.2) is 0 Å². The molecule has 0 radical (unpaired) electrons. The largest absolute Gasteiger partial charge is 0.488 e. The Morgan fingerprint density at radius 3 is 2.50 bits per heavy atom. The van der Waals surface area contributed by atoms with Crippen LogP contribution in [0.3, 0.4) is 0 Å². The van der Waals surface area contributed by atoms with Crippen molar-refractivity contribution >= 4 is 22.6 Å². The molecule has 0 amide bonds. The first-order chi connectivity index (χ1) is 5.72. The van der Waals surface area contributed by atoms with Gasteiger partial charge in [-0.3, -0.25) is 0 Å². The maximum absolute atomic E-state index is 8.72. The predicted molar refractivity (Wildman–Crippen MR) is 56.3 cm³/mol. The Bertz CT molecular complexity index is 233. The van der Waals surface area contributed by atoms with Crippen molar-refractivity contribution in [2.45, 2.75) is 13.0 Å². The molecule has 0 fully saturated rings. The summed E-state index contributed by atoms with van der Waals surface area (Å²) in [7, 11) is 0. The molecular weight excluding hydrogens is 267 g/mol. The minimum absolute atomic E-state index is 0.0476. The van der Waals surface area contributed by atoms with Crippen molar-refractivity contribution in [2.75, 3.05) is 6.61 Å². The van der Waals surface area contributed by atoms with Gasteiger partial charge < -0.3 is 9.84 Å². The molecule has 1 aromatic carbocycles. The molecule has 3 heteroatoms. The molecule has 0 aliphatic rings. The van der Waals surface area contributed by atoms with Gasteiger partial charge in [-0.2, -0.15) is 0 Å². The monoisotopic (exact) mass is 278 g/mol.